The van der Waals surface area contributed by atoms with Crippen LogP contribution < -0.4 is 5.32 Å². The lowest BCUT2D eigenvalue weighted by Crippen LogP contribution is -2.66. The molecule has 1 saturated heterocycles. The Labute approximate surface area is 185 Å². The number of carbonyl (C=O) groups excluding carboxylic acids is 2. The molecule has 2 amide bonds. The molecule has 5 aliphatic carbocycles. The lowest BCUT2D eigenvalue weighted by molar-refractivity contribution is -0.180. The second kappa shape index (κ2) is 6.93. The van der Waals surface area contributed by atoms with Gasteiger partial charge in [0.2, 0.25) is 5.91 Å². The van der Waals surface area contributed by atoms with E-state index in [4.69, 9.17) is 4.74 Å². The van der Waals surface area contributed by atoms with Crippen LogP contribution in [0.15, 0.2) is 4.99 Å². The highest BCUT2D eigenvalue weighted by atomic mass is 16.6. The predicted octanol–water partition coefficient (Wildman–Crippen LogP) is 2.90. The van der Waals surface area contributed by atoms with Gasteiger partial charge in [-0.1, -0.05) is 0 Å². The highest BCUT2D eigenvalue weighted by Crippen LogP contribution is 2.63. The van der Waals surface area contributed by atoms with Crippen molar-refractivity contribution in [2.45, 2.75) is 101 Å². The fourth-order valence-corrected chi connectivity index (χ4v) is 7.89. The topological polar surface area (TPSA) is 91.2 Å². The smallest absolute Gasteiger partial charge is 0.408 e. The summed E-state index contributed by atoms with van der Waals surface area (Å²) in [6, 6.07) is -0.334. The maximum atomic E-state index is 14.1. The molecule has 31 heavy (non-hydrogen) atoms. The van der Waals surface area contributed by atoms with Gasteiger partial charge < -0.3 is 20.1 Å². The van der Waals surface area contributed by atoms with Gasteiger partial charge in [0.25, 0.3) is 0 Å². The monoisotopic (exact) mass is 431 g/mol. The second-order valence-corrected chi connectivity index (χ2v) is 12.2. The highest BCUT2D eigenvalue weighted by molar-refractivity contribution is 5.88. The standard InChI is InChI=1S/C24H37N3O4/c1-22(2,3)31-21(29)26-19(20(28)27-17(12-25-4)6-16-7-18(16)27)23-8-14-5-15(9-23)11-24(30,10-14)13-23/h14-19,30H,4-13H2,1-3H3,(H,26,29)/t14?,15?,16-,17+,18+,19-,23?,24?/m1/s1. The first kappa shape index (κ1) is 21.2. The van der Waals surface area contributed by atoms with Crippen molar-refractivity contribution in [3.05, 3.63) is 0 Å². The number of piperidine rings is 1. The highest BCUT2D eigenvalue weighted by Gasteiger charge is 2.63. The number of alkyl carbamates (subject to hydrolysis) is 1. The number of amides is 2. The van der Waals surface area contributed by atoms with Crippen molar-refractivity contribution in [2.75, 3.05) is 6.54 Å². The molecule has 5 saturated carbocycles. The van der Waals surface area contributed by atoms with Crippen molar-refractivity contribution in [2.24, 2.45) is 28.2 Å². The van der Waals surface area contributed by atoms with Crippen LogP contribution in [-0.2, 0) is 9.53 Å². The van der Waals surface area contributed by atoms with E-state index in [0.29, 0.717) is 30.7 Å². The molecule has 0 aromatic carbocycles. The van der Waals surface area contributed by atoms with Crippen molar-refractivity contribution in [1.82, 2.24) is 10.2 Å². The van der Waals surface area contributed by atoms with Crippen LogP contribution in [0.3, 0.4) is 0 Å². The average Bonchev–Trinajstić information content (AvgIpc) is 3.26. The molecule has 1 heterocycles. The van der Waals surface area contributed by atoms with Crippen molar-refractivity contribution >= 4 is 18.7 Å². The van der Waals surface area contributed by atoms with E-state index < -0.39 is 28.8 Å². The molecule has 0 radical (unpaired) electrons. The first-order valence-electron chi connectivity index (χ1n) is 12.0. The zero-order chi connectivity index (χ0) is 22.2. The summed E-state index contributed by atoms with van der Waals surface area (Å²) in [4.78, 5) is 33.1. The molecule has 7 nitrogen and oxygen atoms in total. The van der Waals surface area contributed by atoms with Gasteiger partial charge in [0, 0.05) is 11.5 Å². The molecule has 1 aliphatic heterocycles. The number of nitrogens with one attached hydrogen (secondary N) is 1. The molecule has 6 aliphatic rings. The number of fused-ring (bicyclic) bond motifs is 1. The number of hydrogen-bond donors (Lipinski definition) is 2. The number of carbonyl (C=O) groups is 2. The summed E-state index contributed by atoms with van der Waals surface area (Å²) < 4.78 is 5.57. The van der Waals surface area contributed by atoms with Crippen LogP contribution in [0.4, 0.5) is 4.79 Å². The zero-order valence-electron chi connectivity index (χ0n) is 19.1. The summed E-state index contributed by atoms with van der Waals surface area (Å²) in [5.74, 6) is 1.41. The number of ether oxygens (including phenoxy) is 1. The van der Waals surface area contributed by atoms with E-state index in [9.17, 15) is 14.7 Å². The summed E-state index contributed by atoms with van der Waals surface area (Å²) in [7, 11) is 0. The van der Waals surface area contributed by atoms with E-state index in [0.717, 1.165) is 44.9 Å². The van der Waals surface area contributed by atoms with E-state index in [2.05, 4.69) is 17.0 Å². The summed E-state index contributed by atoms with van der Waals surface area (Å²) in [6.45, 7) is 9.68. The SMILES string of the molecule is C=NC[C@@H]1C[C@@H]2C[C@@H]2N1C(=O)[C@@H](NC(=O)OC(C)(C)C)C12CC3CC(CC(O)(C3)C1)C2. The van der Waals surface area contributed by atoms with E-state index in [1.165, 1.54) is 0 Å². The van der Waals surface area contributed by atoms with E-state index in [1.54, 1.807) is 0 Å². The maximum absolute atomic E-state index is 14.1. The Balaban J connectivity index is 1.46. The van der Waals surface area contributed by atoms with Crippen LogP contribution in [-0.4, -0.2) is 64.6 Å². The summed E-state index contributed by atoms with van der Waals surface area (Å²) in [6.07, 6.45) is 6.64. The molecule has 0 aromatic heterocycles. The van der Waals surface area contributed by atoms with Crippen LogP contribution in [0.5, 0.6) is 0 Å². The molecule has 6 fully saturated rings. The van der Waals surface area contributed by atoms with Gasteiger partial charge in [-0.05, 0) is 96.6 Å². The molecule has 7 heteroatoms. The van der Waals surface area contributed by atoms with Crippen molar-refractivity contribution in [3.63, 3.8) is 0 Å². The molecule has 0 aromatic rings. The van der Waals surface area contributed by atoms with Crippen molar-refractivity contribution in [1.29, 1.82) is 0 Å². The van der Waals surface area contributed by atoms with Crippen LogP contribution in [0.1, 0.15) is 72.1 Å². The number of hydrogen-bond acceptors (Lipinski definition) is 5. The molecule has 2 unspecified atom stereocenters. The van der Waals surface area contributed by atoms with Gasteiger partial charge in [-0.25, -0.2) is 4.79 Å². The number of rotatable bonds is 5. The van der Waals surface area contributed by atoms with Gasteiger partial charge in [0.15, 0.2) is 0 Å². The Hall–Kier alpha value is -1.63. The molecule has 172 valence electrons. The average molecular weight is 432 g/mol. The Kier molecular flexibility index (Phi) is 4.75. The Bertz CT molecular complexity index is 776. The van der Waals surface area contributed by atoms with E-state index in [-0.39, 0.29) is 18.0 Å². The minimum Gasteiger partial charge on any atom is -0.444 e. The van der Waals surface area contributed by atoms with Gasteiger partial charge in [-0.3, -0.25) is 9.79 Å². The lowest BCUT2D eigenvalue weighted by Gasteiger charge is -2.62. The third kappa shape index (κ3) is 3.77. The number of nitrogens with zero attached hydrogens (tertiary/aromatic N) is 2. The summed E-state index contributed by atoms with van der Waals surface area (Å²) in [5, 5.41) is 14.3. The summed E-state index contributed by atoms with van der Waals surface area (Å²) >= 11 is 0. The molecule has 4 bridgehead atoms. The minimum atomic E-state index is -0.701. The number of aliphatic hydroxyl groups is 1. The quantitative estimate of drug-likeness (QED) is 0.655. The molecule has 2 N–H and O–H groups in total. The largest absolute Gasteiger partial charge is 0.444 e. The second-order valence-electron chi connectivity index (χ2n) is 12.2. The zero-order valence-corrected chi connectivity index (χ0v) is 19.1. The predicted molar refractivity (Wildman–Crippen MR) is 117 cm³/mol. The van der Waals surface area contributed by atoms with Gasteiger partial charge in [0.1, 0.15) is 11.6 Å². The number of likely N-dealkylation sites (tertiary alicyclic amines) is 1. The van der Waals surface area contributed by atoms with Crippen molar-refractivity contribution in [3.8, 4) is 0 Å². The van der Waals surface area contributed by atoms with E-state index >= 15 is 0 Å². The van der Waals surface area contributed by atoms with Crippen molar-refractivity contribution < 1.29 is 19.4 Å². The van der Waals surface area contributed by atoms with Gasteiger partial charge in [0.05, 0.1) is 18.2 Å². The van der Waals surface area contributed by atoms with Gasteiger partial charge >= 0.3 is 6.09 Å². The van der Waals surface area contributed by atoms with Gasteiger partial charge in [-0.15, -0.1) is 0 Å². The Morgan fingerprint density at radius 3 is 2.45 bits per heavy atom. The van der Waals surface area contributed by atoms with E-state index in [1.807, 2.05) is 25.7 Å². The molecule has 6 rings (SSSR count). The molecule has 0 spiro atoms. The first-order valence-corrected chi connectivity index (χ1v) is 12.0. The third-order valence-corrected chi connectivity index (χ3v) is 8.40. The molecular formula is C24H37N3O4. The number of aliphatic imine (C=N–C) groups is 1. The minimum absolute atomic E-state index is 0.00457. The third-order valence-electron chi connectivity index (χ3n) is 8.40. The maximum Gasteiger partial charge on any atom is 0.408 e. The van der Waals surface area contributed by atoms with Crippen LogP contribution in [0, 0.1) is 23.2 Å². The van der Waals surface area contributed by atoms with Gasteiger partial charge in [-0.2, -0.15) is 0 Å². The normalized spacial score (nSPS) is 43.4. The fourth-order valence-electron chi connectivity index (χ4n) is 7.89. The molecule has 6 atom stereocenters. The van der Waals surface area contributed by atoms with Crippen LogP contribution >= 0.6 is 0 Å². The Morgan fingerprint density at radius 2 is 1.87 bits per heavy atom. The van der Waals surface area contributed by atoms with Crippen LogP contribution in [0.25, 0.3) is 0 Å². The summed E-state index contributed by atoms with van der Waals surface area (Å²) in [5.41, 5.74) is -1.73. The molecular weight excluding hydrogens is 394 g/mol. The first-order chi connectivity index (χ1) is 14.5. The van der Waals surface area contributed by atoms with Crippen LogP contribution in [0.2, 0.25) is 0 Å². The lowest BCUT2D eigenvalue weighted by atomic mass is 9.46. The Morgan fingerprint density at radius 1 is 1.19 bits per heavy atom. The fraction of sp³-hybridized carbons (Fsp3) is 0.875.